The molecule has 0 bridgehead atoms. The molecule has 0 aromatic carbocycles. The molecule has 0 unspecified atom stereocenters. The number of Topliss-reactive ketones (excluding diaryl/α,β-unsaturated/α-hetero) is 1. The van der Waals surface area contributed by atoms with Crippen molar-refractivity contribution < 1.29 is 15.0 Å². The lowest BCUT2D eigenvalue weighted by Crippen LogP contribution is -2.47. The highest BCUT2D eigenvalue weighted by Crippen LogP contribution is 2.66. The Bertz CT molecular complexity index is 643. The Morgan fingerprint density at radius 3 is 2.58 bits per heavy atom. The standard InChI is InChI=1S/C21H30O3/c1-13(22)18-20(3)11-9-16-15(17(20)12-21(18,23)24)8-7-14-6-4-5-10-19(14,16)2/h7-8,16-18,23-24H,4-6,9-12H2,1-3H3/t16-,17-,18+,19-,20-/m0/s1. The molecular formula is C21H30O3. The van der Waals surface area contributed by atoms with Crippen LogP contribution in [0.15, 0.2) is 23.3 Å². The molecule has 0 radical (unpaired) electrons. The lowest BCUT2D eigenvalue weighted by molar-refractivity contribution is -0.197. The third-order valence-electron chi connectivity index (χ3n) is 7.98. The average molecular weight is 330 g/mol. The minimum Gasteiger partial charge on any atom is -0.365 e. The summed E-state index contributed by atoms with van der Waals surface area (Å²) in [5.74, 6) is -1.99. The minimum absolute atomic E-state index is 0.0834. The summed E-state index contributed by atoms with van der Waals surface area (Å²) in [5, 5.41) is 21.2. The van der Waals surface area contributed by atoms with E-state index in [9.17, 15) is 15.0 Å². The summed E-state index contributed by atoms with van der Waals surface area (Å²) < 4.78 is 0. The summed E-state index contributed by atoms with van der Waals surface area (Å²) in [6, 6.07) is 0. The van der Waals surface area contributed by atoms with E-state index in [1.807, 2.05) is 0 Å². The van der Waals surface area contributed by atoms with Crippen molar-refractivity contribution in [1.29, 1.82) is 0 Å². The summed E-state index contributed by atoms with van der Waals surface area (Å²) in [7, 11) is 0. The lowest BCUT2D eigenvalue weighted by Gasteiger charge is -2.53. The smallest absolute Gasteiger partial charge is 0.173 e. The third kappa shape index (κ3) is 2.00. The SMILES string of the molecule is CC(=O)[C@H]1C(O)(O)C[C@H]2C3=CC=C4CCCC[C@]4(C)[C@H]3CC[C@@]21C. The molecule has 4 rings (SSSR count). The summed E-state index contributed by atoms with van der Waals surface area (Å²) >= 11 is 0. The molecule has 0 aromatic heterocycles. The number of carbonyl (C=O) groups excluding carboxylic acids is 1. The first-order chi connectivity index (χ1) is 11.2. The summed E-state index contributed by atoms with van der Waals surface area (Å²) in [5.41, 5.74) is 2.89. The van der Waals surface area contributed by atoms with Crippen LogP contribution >= 0.6 is 0 Å². The van der Waals surface area contributed by atoms with Crippen LogP contribution in [0, 0.1) is 28.6 Å². The Balaban J connectivity index is 1.78. The molecule has 0 amide bonds. The van der Waals surface area contributed by atoms with Gasteiger partial charge in [0, 0.05) is 6.42 Å². The van der Waals surface area contributed by atoms with E-state index in [1.54, 1.807) is 5.57 Å². The number of hydrogen-bond donors (Lipinski definition) is 2. The molecule has 0 heterocycles. The van der Waals surface area contributed by atoms with Gasteiger partial charge in [0.1, 0.15) is 5.78 Å². The largest absolute Gasteiger partial charge is 0.365 e. The molecular weight excluding hydrogens is 300 g/mol. The van der Waals surface area contributed by atoms with E-state index in [2.05, 4.69) is 26.0 Å². The van der Waals surface area contributed by atoms with Crippen molar-refractivity contribution in [2.45, 2.75) is 71.5 Å². The summed E-state index contributed by atoms with van der Waals surface area (Å²) in [6.45, 7) is 6.04. The van der Waals surface area contributed by atoms with Crippen molar-refractivity contribution in [2.75, 3.05) is 0 Å². The Labute approximate surface area is 144 Å². The predicted molar refractivity (Wildman–Crippen MR) is 93.0 cm³/mol. The van der Waals surface area contributed by atoms with Gasteiger partial charge >= 0.3 is 0 Å². The highest BCUT2D eigenvalue weighted by atomic mass is 16.5. The molecule has 3 heteroatoms. The third-order valence-corrected chi connectivity index (χ3v) is 7.98. The maximum atomic E-state index is 12.2. The number of aliphatic hydroxyl groups is 2. The Hall–Kier alpha value is -0.930. The summed E-state index contributed by atoms with van der Waals surface area (Å²) in [6.07, 6.45) is 11.9. The van der Waals surface area contributed by atoms with Crippen LogP contribution in [0.25, 0.3) is 0 Å². The van der Waals surface area contributed by atoms with Crippen LogP contribution in [0.2, 0.25) is 0 Å². The van der Waals surface area contributed by atoms with Crippen molar-refractivity contribution in [3.05, 3.63) is 23.3 Å². The molecule has 5 atom stereocenters. The Morgan fingerprint density at radius 2 is 1.88 bits per heavy atom. The predicted octanol–water partition coefficient (Wildman–Crippen LogP) is 3.76. The van der Waals surface area contributed by atoms with Gasteiger partial charge in [-0.2, -0.15) is 0 Å². The number of hydrogen-bond acceptors (Lipinski definition) is 3. The van der Waals surface area contributed by atoms with E-state index in [1.165, 1.54) is 38.2 Å². The fourth-order valence-corrected chi connectivity index (χ4v) is 6.89. The maximum absolute atomic E-state index is 12.2. The van der Waals surface area contributed by atoms with Crippen LogP contribution < -0.4 is 0 Å². The fraction of sp³-hybridized carbons (Fsp3) is 0.762. The van der Waals surface area contributed by atoms with Gasteiger partial charge in [-0.15, -0.1) is 0 Å². The zero-order chi connectivity index (χ0) is 17.3. The van der Waals surface area contributed by atoms with Gasteiger partial charge in [0.2, 0.25) is 0 Å². The van der Waals surface area contributed by atoms with E-state index in [0.717, 1.165) is 12.8 Å². The highest BCUT2D eigenvalue weighted by Gasteiger charge is 2.64. The number of fused-ring (bicyclic) bond motifs is 5. The Kier molecular flexibility index (Phi) is 3.48. The lowest BCUT2D eigenvalue weighted by atomic mass is 9.50. The molecule has 4 aliphatic carbocycles. The molecule has 0 spiro atoms. The average Bonchev–Trinajstić information content (AvgIpc) is 2.71. The van der Waals surface area contributed by atoms with E-state index in [-0.39, 0.29) is 22.5 Å². The van der Waals surface area contributed by atoms with E-state index in [4.69, 9.17) is 0 Å². The van der Waals surface area contributed by atoms with Crippen molar-refractivity contribution in [3.63, 3.8) is 0 Å². The minimum atomic E-state index is -1.86. The number of allylic oxidation sites excluding steroid dienone is 4. The van der Waals surface area contributed by atoms with Gasteiger partial charge in [-0.05, 0) is 61.7 Å². The van der Waals surface area contributed by atoms with Crippen LogP contribution in [0.1, 0.15) is 65.7 Å². The fourth-order valence-electron chi connectivity index (χ4n) is 6.89. The number of ketones is 1. The van der Waals surface area contributed by atoms with Crippen LogP contribution in [0.3, 0.4) is 0 Å². The van der Waals surface area contributed by atoms with Crippen molar-refractivity contribution in [2.24, 2.45) is 28.6 Å². The quantitative estimate of drug-likeness (QED) is 0.720. The first-order valence-corrected chi connectivity index (χ1v) is 9.56. The molecule has 4 aliphatic rings. The first kappa shape index (κ1) is 16.5. The van der Waals surface area contributed by atoms with Crippen molar-refractivity contribution in [1.82, 2.24) is 0 Å². The highest BCUT2D eigenvalue weighted by molar-refractivity contribution is 5.81. The second kappa shape index (κ2) is 5.04. The molecule has 24 heavy (non-hydrogen) atoms. The van der Waals surface area contributed by atoms with Crippen LogP contribution in [-0.2, 0) is 4.79 Å². The Morgan fingerprint density at radius 1 is 1.12 bits per heavy atom. The summed E-state index contributed by atoms with van der Waals surface area (Å²) in [4.78, 5) is 12.2. The van der Waals surface area contributed by atoms with Crippen LogP contribution in [0.5, 0.6) is 0 Å². The van der Waals surface area contributed by atoms with Gasteiger partial charge in [-0.1, -0.05) is 43.6 Å². The number of carbonyl (C=O) groups is 1. The molecule has 3 nitrogen and oxygen atoms in total. The van der Waals surface area contributed by atoms with Crippen molar-refractivity contribution >= 4 is 5.78 Å². The van der Waals surface area contributed by atoms with Crippen LogP contribution in [-0.4, -0.2) is 21.8 Å². The van der Waals surface area contributed by atoms with Gasteiger partial charge in [0.15, 0.2) is 5.79 Å². The van der Waals surface area contributed by atoms with Gasteiger partial charge in [-0.3, -0.25) is 4.79 Å². The molecule has 0 aromatic rings. The molecule has 0 saturated heterocycles. The zero-order valence-corrected chi connectivity index (χ0v) is 15.1. The second-order valence-corrected chi connectivity index (χ2v) is 9.26. The zero-order valence-electron chi connectivity index (χ0n) is 15.1. The van der Waals surface area contributed by atoms with Gasteiger partial charge in [-0.25, -0.2) is 0 Å². The second-order valence-electron chi connectivity index (χ2n) is 9.26. The monoisotopic (exact) mass is 330 g/mol. The topological polar surface area (TPSA) is 57.5 Å². The van der Waals surface area contributed by atoms with E-state index in [0.29, 0.717) is 12.3 Å². The molecule has 2 N–H and O–H groups in total. The maximum Gasteiger partial charge on any atom is 0.173 e. The molecule has 0 aliphatic heterocycles. The first-order valence-electron chi connectivity index (χ1n) is 9.56. The normalized spacial score (nSPS) is 46.3. The van der Waals surface area contributed by atoms with Gasteiger partial charge in [0.25, 0.3) is 0 Å². The molecule has 132 valence electrons. The molecule has 3 saturated carbocycles. The van der Waals surface area contributed by atoms with E-state index >= 15 is 0 Å². The van der Waals surface area contributed by atoms with E-state index < -0.39 is 11.7 Å². The number of rotatable bonds is 1. The van der Waals surface area contributed by atoms with Crippen molar-refractivity contribution in [3.8, 4) is 0 Å². The van der Waals surface area contributed by atoms with Crippen LogP contribution in [0.4, 0.5) is 0 Å². The van der Waals surface area contributed by atoms with Gasteiger partial charge in [0.05, 0.1) is 5.92 Å². The van der Waals surface area contributed by atoms with Gasteiger partial charge < -0.3 is 10.2 Å². The molecule has 3 fully saturated rings.